The first-order chi connectivity index (χ1) is 18.2. The van der Waals surface area contributed by atoms with Crippen molar-refractivity contribution in [2.45, 2.75) is 39.3 Å². The smallest absolute Gasteiger partial charge is 0.137 e. The zero-order valence-corrected chi connectivity index (χ0v) is 30.0. The van der Waals surface area contributed by atoms with Crippen molar-refractivity contribution in [1.29, 1.82) is 0 Å². The van der Waals surface area contributed by atoms with Gasteiger partial charge in [-0.2, -0.15) is 0 Å². The third-order valence-corrected chi connectivity index (χ3v) is 9.60. The third kappa shape index (κ3) is 9.49. The zero-order chi connectivity index (χ0) is 28.8. The Hall–Kier alpha value is -2.12. The van der Waals surface area contributed by atoms with E-state index < -0.39 is 16.1 Å². The maximum Gasteiger partial charge on any atom is 0.137 e. The van der Waals surface area contributed by atoms with E-state index in [-0.39, 0.29) is 0 Å². The summed E-state index contributed by atoms with van der Waals surface area (Å²) >= 11 is 8.91. The van der Waals surface area contributed by atoms with Gasteiger partial charge in [0.15, 0.2) is 0 Å². The molecule has 0 atom stereocenters. The number of rotatable bonds is 2. The molecular weight excluding hydrogens is 767 g/mol. The van der Waals surface area contributed by atoms with Crippen LogP contribution in [0.5, 0.6) is 0 Å². The van der Waals surface area contributed by atoms with Crippen molar-refractivity contribution in [3.63, 3.8) is 0 Å². The van der Waals surface area contributed by atoms with Gasteiger partial charge in [0.1, 0.15) is 25.8 Å². The first-order valence-corrected chi connectivity index (χ1v) is 21.7. The Kier molecular flexibility index (Phi) is 10.9. The molecule has 0 bridgehead atoms. The molecule has 3 N–H and O–H groups in total. The van der Waals surface area contributed by atoms with Gasteiger partial charge in [0.25, 0.3) is 0 Å². The molecule has 5 rings (SSSR count). The van der Waals surface area contributed by atoms with Crippen LogP contribution in [-0.2, 0) is 0 Å². The fraction of sp³-hybridized carbons (Fsp3) is 0.214. The van der Waals surface area contributed by atoms with Crippen molar-refractivity contribution >= 4 is 92.8 Å². The van der Waals surface area contributed by atoms with Crippen LogP contribution >= 0.6 is 54.5 Å². The number of anilines is 1. The van der Waals surface area contributed by atoms with Gasteiger partial charge in [0.2, 0.25) is 0 Å². The molecule has 0 aliphatic rings. The van der Waals surface area contributed by atoms with Crippen molar-refractivity contribution in [2.75, 3.05) is 5.73 Å². The van der Waals surface area contributed by atoms with E-state index >= 15 is 0 Å². The Labute approximate surface area is 262 Å². The number of pyridine rings is 2. The van der Waals surface area contributed by atoms with E-state index in [9.17, 15) is 0 Å². The molecule has 0 aliphatic carbocycles. The van der Waals surface area contributed by atoms with E-state index in [1.807, 2.05) is 24.4 Å². The molecular formula is C28H31Br2IN4O2Si2. The number of halogens is 3. The van der Waals surface area contributed by atoms with E-state index in [1.165, 1.54) is 10.9 Å². The second-order valence-corrected chi connectivity index (χ2v) is 23.5. The summed E-state index contributed by atoms with van der Waals surface area (Å²) in [6, 6.07) is 7.92. The summed E-state index contributed by atoms with van der Waals surface area (Å²) in [4.78, 5) is 11.9. The highest BCUT2D eigenvalue weighted by atomic mass is 127. The minimum absolute atomic E-state index is 0.582. The first-order valence-electron chi connectivity index (χ1n) is 12.1. The molecule has 11 heteroatoms. The Morgan fingerprint density at radius 1 is 0.923 bits per heavy atom. The van der Waals surface area contributed by atoms with Crippen molar-refractivity contribution in [1.82, 2.24) is 15.0 Å². The van der Waals surface area contributed by atoms with Gasteiger partial charge in [-0.1, -0.05) is 45.2 Å². The summed E-state index contributed by atoms with van der Waals surface area (Å²) in [5.41, 5.74) is 13.0. The van der Waals surface area contributed by atoms with E-state index in [2.05, 4.69) is 126 Å². The lowest BCUT2D eigenvalue weighted by Gasteiger charge is -2.16. The molecule has 0 fully saturated rings. The Morgan fingerprint density at radius 3 is 2.10 bits per heavy atom. The molecule has 6 nitrogen and oxygen atoms in total. The number of aromatic nitrogens is 3. The number of nitrogen functional groups attached to an aromatic ring is 1. The van der Waals surface area contributed by atoms with Crippen LogP contribution in [0.2, 0.25) is 39.3 Å². The topological polar surface area (TPSA) is 93.9 Å². The second-order valence-electron chi connectivity index (χ2n) is 10.7. The SMILES string of the molecule is C[Si](C)(C)C#Cc1ccoc1.C[Si](C)(C)c1[nH]c2ncc(Br)cc2c1-c1ccoc1.Nc1ncc(Br)cc1I. The number of nitrogens with one attached hydrogen (secondary N) is 1. The normalized spacial score (nSPS) is 11.1. The lowest BCUT2D eigenvalue weighted by atomic mass is 10.1. The summed E-state index contributed by atoms with van der Waals surface area (Å²) < 4.78 is 13.1. The molecule has 0 unspecified atom stereocenters. The number of fused-ring (bicyclic) bond motifs is 1. The second kappa shape index (κ2) is 13.5. The lowest BCUT2D eigenvalue weighted by molar-refractivity contribution is 0.566. The molecule has 5 aromatic rings. The summed E-state index contributed by atoms with van der Waals surface area (Å²) in [7, 11) is -2.70. The van der Waals surface area contributed by atoms with Gasteiger partial charge in [-0.25, -0.2) is 9.97 Å². The first kappa shape index (κ1) is 31.4. The van der Waals surface area contributed by atoms with Crippen molar-refractivity contribution in [3.8, 4) is 22.6 Å². The van der Waals surface area contributed by atoms with Crippen LogP contribution in [0.15, 0.2) is 79.5 Å². The van der Waals surface area contributed by atoms with E-state index in [4.69, 9.17) is 14.6 Å². The predicted octanol–water partition coefficient (Wildman–Crippen LogP) is 8.67. The molecule has 39 heavy (non-hydrogen) atoms. The number of aromatic amines is 1. The average molecular weight is 798 g/mol. The average Bonchev–Trinajstić information content (AvgIpc) is 3.61. The minimum atomic E-state index is -1.49. The predicted molar refractivity (Wildman–Crippen MR) is 182 cm³/mol. The lowest BCUT2D eigenvalue weighted by Crippen LogP contribution is -2.39. The van der Waals surface area contributed by atoms with Crippen molar-refractivity contribution in [2.24, 2.45) is 0 Å². The maximum atomic E-state index is 5.45. The highest BCUT2D eigenvalue weighted by molar-refractivity contribution is 14.1. The largest absolute Gasteiger partial charge is 0.472 e. The Balaban J connectivity index is 0.000000179. The monoisotopic (exact) mass is 796 g/mol. The van der Waals surface area contributed by atoms with Crippen LogP contribution in [0.4, 0.5) is 5.82 Å². The fourth-order valence-corrected chi connectivity index (χ4v) is 6.94. The van der Waals surface area contributed by atoms with Gasteiger partial charge in [-0.3, -0.25) is 0 Å². The molecule has 0 spiro atoms. The minimum Gasteiger partial charge on any atom is -0.472 e. The molecule has 0 amide bonds. The number of nitrogens with zero attached hydrogens (tertiary/aromatic N) is 2. The highest BCUT2D eigenvalue weighted by Gasteiger charge is 2.26. The molecule has 0 aromatic carbocycles. The molecule has 0 aliphatic heterocycles. The van der Waals surface area contributed by atoms with Gasteiger partial charge in [-0.05, 0) is 78.7 Å². The van der Waals surface area contributed by atoms with Gasteiger partial charge in [0.05, 0.1) is 36.0 Å². The molecule has 0 saturated heterocycles. The quantitative estimate of drug-likeness (QED) is 0.106. The van der Waals surface area contributed by atoms with Crippen LogP contribution in [0, 0.1) is 15.0 Å². The number of hydrogen-bond acceptors (Lipinski definition) is 5. The maximum absolute atomic E-state index is 5.45. The number of nitrogens with two attached hydrogens (primary N) is 1. The molecule has 204 valence electrons. The summed E-state index contributed by atoms with van der Waals surface area (Å²) in [5, 5.41) is 2.46. The van der Waals surface area contributed by atoms with Crippen LogP contribution in [-0.4, -0.2) is 31.1 Å². The Bertz CT molecular complexity index is 1580. The number of hydrogen-bond donors (Lipinski definition) is 2. The summed E-state index contributed by atoms with van der Waals surface area (Å²) in [6.45, 7) is 13.7. The van der Waals surface area contributed by atoms with Gasteiger partial charge in [0, 0.05) is 43.2 Å². The van der Waals surface area contributed by atoms with E-state index in [0.29, 0.717) is 5.82 Å². The van der Waals surface area contributed by atoms with Crippen molar-refractivity contribution in [3.05, 3.63) is 79.8 Å². The molecule has 5 heterocycles. The highest BCUT2D eigenvalue weighted by Crippen LogP contribution is 2.30. The summed E-state index contributed by atoms with van der Waals surface area (Å²) in [6.07, 6.45) is 10.3. The van der Waals surface area contributed by atoms with Gasteiger partial charge >= 0.3 is 0 Å². The van der Waals surface area contributed by atoms with Crippen LogP contribution < -0.4 is 11.1 Å². The molecule has 0 saturated carbocycles. The summed E-state index contributed by atoms with van der Waals surface area (Å²) in [5.74, 6) is 3.66. The van der Waals surface area contributed by atoms with Gasteiger partial charge < -0.3 is 19.6 Å². The van der Waals surface area contributed by atoms with Gasteiger partial charge in [-0.15, -0.1) is 5.54 Å². The number of furan rings is 2. The van der Waals surface area contributed by atoms with E-state index in [1.54, 1.807) is 31.2 Å². The van der Waals surface area contributed by atoms with Crippen LogP contribution in [0.1, 0.15) is 5.56 Å². The third-order valence-electron chi connectivity index (χ3n) is 5.12. The van der Waals surface area contributed by atoms with E-state index in [0.717, 1.165) is 34.7 Å². The fourth-order valence-electron chi connectivity index (χ4n) is 3.33. The standard InChI is InChI=1S/C14H15BrN2OSi.C9H12OSi.C5H4BrIN2/c1-19(2,3)14-12(9-4-5-18-8-9)11-6-10(15)7-16-13(11)17-14;1-11(2,3)7-5-9-4-6-10-8-9;6-3-1-4(7)5(8)9-2-3/h4-8H,1-3H3,(H,16,17);4,6,8H,1-3H3;1-2H,(H2,8,9). The van der Waals surface area contributed by atoms with Crippen LogP contribution in [0.25, 0.3) is 22.2 Å². The zero-order valence-electron chi connectivity index (χ0n) is 22.7. The number of H-pyrrole nitrogens is 1. The Morgan fingerprint density at radius 2 is 1.56 bits per heavy atom. The van der Waals surface area contributed by atoms with Crippen molar-refractivity contribution < 1.29 is 8.83 Å². The molecule has 0 radical (unpaired) electrons. The van der Waals surface area contributed by atoms with Crippen LogP contribution in [0.3, 0.4) is 0 Å². The molecule has 5 aromatic heterocycles.